The molecule has 1 aliphatic rings. The van der Waals surface area contributed by atoms with E-state index in [2.05, 4.69) is 26.8 Å². The Morgan fingerprint density at radius 1 is 1.13 bits per heavy atom. The van der Waals surface area contributed by atoms with E-state index in [0.717, 1.165) is 10.6 Å². The summed E-state index contributed by atoms with van der Waals surface area (Å²) in [5.41, 5.74) is 2.65. The second-order valence-corrected chi connectivity index (χ2v) is 7.69. The van der Waals surface area contributed by atoms with Crippen molar-refractivity contribution < 1.29 is 4.79 Å². The molecule has 4 heteroatoms. The lowest BCUT2D eigenvalue weighted by Gasteiger charge is -2.22. The third kappa shape index (κ3) is 2.85. The van der Waals surface area contributed by atoms with Gasteiger partial charge in [-0.1, -0.05) is 56.8 Å². The van der Waals surface area contributed by atoms with E-state index in [4.69, 9.17) is 0 Å². The molecular weight excluding hydrogens is 304 g/mol. The van der Waals surface area contributed by atoms with Crippen LogP contribution in [0.25, 0.3) is 0 Å². The normalized spacial score (nSPS) is 16.8. The molecule has 3 rings (SSSR count). The summed E-state index contributed by atoms with van der Waals surface area (Å²) in [6.45, 7) is 6.43. The highest BCUT2D eigenvalue weighted by atomic mass is 32.2. The number of hydrogen-bond donors (Lipinski definition) is 0. The summed E-state index contributed by atoms with van der Waals surface area (Å²) in [7, 11) is 0. The molecule has 23 heavy (non-hydrogen) atoms. The van der Waals surface area contributed by atoms with Gasteiger partial charge in [-0.05, 0) is 35.2 Å². The Hall–Kier alpha value is -2.25. The smallest absolute Gasteiger partial charge is 0.260 e. The zero-order chi connectivity index (χ0) is 16.6. The predicted octanol–water partition coefficient (Wildman–Crippen LogP) is 4.59. The molecule has 2 aromatic carbocycles. The van der Waals surface area contributed by atoms with Crippen molar-refractivity contribution in [1.29, 1.82) is 5.26 Å². The Labute approximate surface area is 140 Å². The van der Waals surface area contributed by atoms with Crippen molar-refractivity contribution in [3.8, 4) is 6.07 Å². The fourth-order valence-corrected chi connectivity index (χ4v) is 3.66. The summed E-state index contributed by atoms with van der Waals surface area (Å²) in [5, 5.41) is 8.88. The molecule has 3 nitrogen and oxygen atoms in total. The summed E-state index contributed by atoms with van der Waals surface area (Å²) in [4.78, 5) is 15.5. The minimum absolute atomic E-state index is 0.0485. The van der Waals surface area contributed by atoms with E-state index in [1.54, 1.807) is 4.90 Å². The minimum atomic E-state index is -0.512. The quantitative estimate of drug-likeness (QED) is 0.771. The number of para-hydroxylation sites is 1. The van der Waals surface area contributed by atoms with E-state index in [1.165, 1.54) is 17.3 Å². The van der Waals surface area contributed by atoms with Crippen LogP contribution in [-0.4, -0.2) is 11.3 Å². The first-order chi connectivity index (χ1) is 10.9. The summed E-state index contributed by atoms with van der Waals surface area (Å²) >= 11 is 1.42. The van der Waals surface area contributed by atoms with Crippen molar-refractivity contribution in [3.63, 3.8) is 0 Å². The third-order valence-electron chi connectivity index (χ3n) is 3.93. The monoisotopic (exact) mass is 322 g/mol. The van der Waals surface area contributed by atoms with Crippen LogP contribution < -0.4 is 4.90 Å². The van der Waals surface area contributed by atoms with Gasteiger partial charge in [-0.2, -0.15) is 5.26 Å². The molecule has 0 spiro atoms. The second kappa shape index (κ2) is 5.75. The molecule has 1 heterocycles. The van der Waals surface area contributed by atoms with Gasteiger partial charge < -0.3 is 0 Å². The van der Waals surface area contributed by atoms with Crippen LogP contribution in [0.5, 0.6) is 0 Å². The average molecular weight is 322 g/mol. The number of carbonyl (C=O) groups is 1. The van der Waals surface area contributed by atoms with Crippen molar-refractivity contribution in [3.05, 3.63) is 59.7 Å². The molecular formula is C19H18N2OS. The van der Waals surface area contributed by atoms with Gasteiger partial charge in [0.15, 0.2) is 5.37 Å². The van der Waals surface area contributed by atoms with Crippen molar-refractivity contribution in [2.75, 3.05) is 4.90 Å². The lowest BCUT2D eigenvalue weighted by Crippen LogP contribution is -2.34. The number of benzene rings is 2. The third-order valence-corrected chi connectivity index (χ3v) is 5.06. The maximum absolute atomic E-state index is 12.9. The van der Waals surface area contributed by atoms with Crippen LogP contribution in [0, 0.1) is 11.3 Å². The Bertz CT molecular complexity index is 784. The van der Waals surface area contributed by atoms with Gasteiger partial charge in [0.2, 0.25) is 0 Å². The lowest BCUT2D eigenvalue weighted by atomic mass is 9.86. The van der Waals surface area contributed by atoms with Gasteiger partial charge in [0, 0.05) is 10.5 Å². The molecule has 1 amide bonds. The van der Waals surface area contributed by atoms with Crippen LogP contribution in [0.2, 0.25) is 0 Å². The van der Waals surface area contributed by atoms with Crippen molar-refractivity contribution in [2.45, 2.75) is 36.5 Å². The van der Waals surface area contributed by atoms with Crippen molar-refractivity contribution in [2.24, 2.45) is 0 Å². The number of rotatable bonds is 1. The highest BCUT2D eigenvalue weighted by molar-refractivity contribution is 8.00. The average Bonchev–Trinajstić information content (AvgIpc) is 2.92. The minimum Gasteiger partial charge on any atom is -0.281 e. The van der Waals surface area contributed by atoms with Gasteiger partial charge in [-0.15, -0.1) is 0 Å². The number of amides is 1. The number of fused-ring (bicyclic) bond motifs is 1. The highest BCUT2D eigenvalue weighted by Crippen LogP contribution is 2.43. The van der Waals surface area contributed by atoms with Crippen LogP contribution in [0.3, 0.4) is 0 Å². The summed E-state index contributed by atoms with van der Waals surface area (Å²) in [6, 6.07) is 17.5. The van der Waals surface area contributed by atoms with Gasteiger partial charge in [0.05, 0.1) is 11.8 Å². The number of nitriles is 1. The zero-order valence-electron chi connectivity index (χ0n) is 13.4. The van der Waals surface area contributed by atoms with E-state index < -0.39 is 5.37 Å². The first-order valence-electron chi connectivity index (χ1n) is 7.51. The summed E-state index contributed by atoms with van der Waals surface area (Å²) in [5.74, 6) is -0.130. The number of hydrogen-bond acceptors (Lipinski definition) is 3. The van der Waals surface area contributed by atoms with Crippen molar-refractivity contribution >= 4 is 23.4 Å². The summed E-state index contributed by atoms with van der Waals surface area (Å²) in [6.07, 6.45) is 0. The predicted molar refractivity (Wildman–Crippen MR) is 93.7 cm³/mol. The fraction of sp³-hybridized carbons (Fsp3) is 0.263. The Balaban J connectivity index is 1.95. The topological polar surface area (TPSA) is 44.1 Å². The van der Waals surface area contributed by atoms with E-state index in [0.29, 0.717) is 5.56 Å². The number of carbonyl (C=O) groups excluding carboxylic acids is 1. The Morgan fingerprint density at radius 3 is 2.39 bits per heavy atom. The van der Waals surface area contributed by atoms with Gasteiger partial charge in [0.1, 0.15) is 0 Å². The molecule has 0 N–H and O–H groups in total. The van der Waals surface area contributed by atoms with Crippen LogP contribution in [-0.2, 0) is 5.41 Å². The molecule has 0 saturated carbocycles. The number of anilines is 1. The molecule has 116 valence electrons. The highest BCUT2D eigenvalue weighted by Gasteiger charge is 2.35. The first-order valence-corrected chi connectivity index (χ1v) is 8.39. The number of nitrogens with zero attached hydrogens (tertiary/aromatic N) is 2. The molecule has 1 unspecified atom stereocenters. The van der Waals surface area contributed by atoms with Crippen LogP contribution in [0.1, 0.15) is 36.7 Å². The van der Waals surface area contributed by atoms with Crippen LogP contribution in [0.15, 0.2) is 53.4 Å². The maximum Gasteiger partial charge on any atom is 0.260 e. The first kappa shape index (κ1) is 15.6. The Morgan fingerprint density at radius 2 is 1.78 bits per heavy atom. The standard InChI is InChI=1S/C19H18N2OS/c1-19(2,3)14-10-8-13(9-11-14)18(22)21-15-6-4-5-7-16(15)23-17(21)12-20/h4-11,17H,1-3H3. The molecule has 0 saturated heterocycles. The summed E-state index contributed by atoms with van der Waals surface area (Å²) < 4.78 is 0. The molecule has 0 radical (unpaired) electrons. The van der Waals surface area contributed by atoms with E-state index in [1.807, 2.05) is 48.5 Å². The van der Waals surface area contributed by atoms with E-state index >= 15 is 0 Å². The molecule has 0 fully saturated rings. The van der Waals surface area contributed by atoms with E-state index in [-0.39, 0.29) is 11.3 Å². The maximum atomic E-state index is 12.9. The molecule has 2 aromatic rings. The van der Waals surface area contributed by atoms with Crippen LogP contribution >= 0.6 is 11.8 Å². The Kier molecular flexibility index (Phi) is 3.91. The SMILES string of the molecule is CC(C)(C)c1ccc(C(=O)N2c3ccccc3SC2C#N)cc1. The van der Waals surface area contributed by atoms with Gasteiger partial charge in [-0.25, -0.2) is 0 Å². The van der Waals surface area contributed by atoms with Crippen molar-refractivity contribution in [1.82, 2.24) is 0 Å². The largest absolute Gasteiger partial charge is 0.281 e. The molecule has 0 aromatic heterocycles. The molecule has 0 aliphatic carbocycles. The zero-order valence-corrected chi connectivity index (χ0v) is 14.2. The van der Waals surface area contributed by atoms with E-state index in [9.17, 15) is 10.1 Å². The fourth-order valence-electron chi connectivity index (χ4n) is 2.61. The second-order valence-electron chi connectivity index (χ2n) is 6.57. The van der Waals surface area contributed by atoms with Gasteiger partial charge >= 0.3 is 0 Å². The van der Waals surface area contributed by atoms with Gasteiger partial charge in [0.25, 0.3) is 5.91 Å². The molecule has 1 atom stereocenters. The molecule has 1 aliphatic heterocycles. The van der Waals surface area contributed by atoms with Crippen LogP contribution in [0.4, 0.5) is 5.69 Å². The van der Waals surface area contributed by atoms with Gasteiger partial charge in [-0.3, -0.25) is 9.69 Å². The lowest BCUT2D eigenvalue weighted by molar-refractivity contribution is 0.0988. The molecule has 0 bridgehead atoms. The number of thioether (sulfide) groups is 1.